The van der Waals surface area contributed by atoms with Crippen molar-refractivity contribution < 1.29 is 22.0 Å². The molecule has 0 bridgehead atoms. The average Bonchev–Trinajstić information content (AvgIpc) is 2.63. The van der Waals surface area contributed by atoms with Gasteiger partial charge in [0.1, 0.15) is 11.6 Å². The van der Waals surface area contributed by atoms with E-state index in [0.717, 1.165) is 17.7 Å². The van der Waals surface area contributed by atoms with Crippen LogP contribution in [0.25, 0.3) is 0 Å². The van der Waals surface area contributed by atoms with Crippen LogP contribution in [-0.2, 0) is 18.0 Å². The molecule has 0 saturated carbocycles. The monoisotopic (exact) mass is 454 g/mol. The summed E-state index contributed by atoms with van der Waals surface area (Å²) in [5.41, 5.74) is -0.462. The Bertz CT molecular complexity index is 982. The molecule has 6 heteroatoms. The molecule has 0 heterocycles. The van der Waals surface area contributed by atoms with E-state index in [-0.39, 0.29) is 10.0 Å². The largest absolute Gasteiger partial charge is 0.416 e. The van der Waals surface area contributed by atoms with E-state index in [1.54, 1.807) is 6.92 Å². The summed E-state index contributed by atoms with van der Waals surface area (Å²) < 4.78 is 67.8. The molecule has 0 aliphatic carbocycles. The quantitative estimate of drug-likeness (QED) is 0.363. The minimum absolute atomic E-state index is 0.169. The van der Waals surface area contributed by atoms with Gasteiger partial charge in [-0.1, -0.05) is 43.3 Å². The van der Waals surface area contributed by atoms with Crippen molar-refractivity contribution in [3.63, 3.8) is 0 Å². The molecule has 0 unspecified atom stereocenters. The van der Waals surface area contributed by atoms with Crippen LogP contribution in [0.3, 0.4) is 0 Å². The third kappa shape index (κ3) is 4.27. The van der Waals surface area contributed by atoms with Crippen LogP contribution in [0.1, 0.15) is 29.2 Å². The van der Waals surface area contributed by atoms with Crippen LogP contribution in [-0.4, -0.2) is 0 Å². The van der Waals surface area contributed by atoms with Gasteiger partial charge in [-0.05, 0) is 69.4 Å². The first-order valence-corrected chi connectivity index (χ1v) is 9.26. The second-order valence-electron chi connectivity index (χ2n) is 6.85. The summed E-state index contributed by atoms with van der Waals surface area (Å²) in [7, 11) is 0. The van der Waals surface area contributed by atoms with Crippen molar-refractivity contribution in [2.45, 2.75) is 24.9 Å². The predicted octanol–water partition coefficient (Wildman–Crippen LogP) is 7.29. The number of halogens is 6. The van der Waals surface area contributed by atoms with Gasteiger partial charge in [0.15, 0.2) is 0 Å². The maximum absolute atomic E-state index is 14.1. The Morgan fingerprint density at radius 3 is 2.04 bits per heavy atom. The lowest BCUT2D eigenvalue weighted by Crippen LogP contribution is -2.28. The molecule has 28 heavy (non-hydrogen) atoms. The van der Waals surface area contributed by atoms with E-state index >= 15 is 0 Å². The first-order valence-electron chi connectivity index (χ1n) is 8.47. The van der Waals surface area contributed by atoms with E-state index in [4.69, 9.17) is 0 Å². The first-order chi connectivity index (χ1) is 13.1. The second kappa shape index (κ2) is 7.66. The summed E-state index contributed by atoms with van der Waals surface area (Å²) in [5, 5.41) is 0. The Labute approximate surface area is 168 Å². The van der Waals surface area contributed by atoms with Crippen LogP contribution in [0.5, 0.6) is 0 Å². The molecule has 0 aliphatic rings. The van der Waals surface area contributed by atoms with E-state index in [1.165, 1.54) is 18.2 Å². The fourth-order valence-corrected chi connectivity index (χ4v) is 3.66. The highest BCUT2D eigenvalue weighted by Gasteiger charge is 2.36. The van der Waals surface area contributed by atoms with Gasteiger partial charge in [-0.3, -0.25) is 0 Å². The van der Waals surface area contributed by atoms with Crippen molar-refractivity contribution in [3.05, 3.63) is 105 Å². The fraction of sp³-hybridized carbons (Fsp3) is 0.182. The van der Waals surface area contributed by atoms with Crippen molar-refractivity contribution in [2.75, 3.05) is 0 Å². The lowest BCUT2D eigenvalue weighted by atomic mass is 9.71. The van der Waals surface area contributed by atoms with Gasteiger partial charge < -0.3 is 0 Å². The highest BCUT2D eigenvalue weighted by molar-refractivity contribution is 9.10. The fourth-order valence-electron chi connectivity index (χ4n) is 3.29. The van der Waals surface area contributed by atoms with E-state index in [1.807, 2.05) is 30.3 Å². The van der Waals surface area contributed by atoms with Crippen molar-refractivity contribution in [2.24, 2.45) is 0 Å². The smallest absolute Gasteiger partial charge is 0.207 e. The van der Waals surface area contributed by atoms with Gasteiger partial charge in [-0.2, -0.15) is 13.2 Å². The summed E-state index contributed by atoms with van der Waals surface area (Å²) in [5.74, 6) is -1.45. The van der Waals surface area contributed by atoms with Gasteiger partial charge in [0.25, 0.3) is 0 Å². The Kier molecular flexibility index (Phi) is 5.62. The van der Waals surface area contributed by atoms with Crippen molar-refractivity contribution >= 4 is 15.9 Å². The summed E-state index contributed by atoms with van der Waals surface area (Å²) in [4.78, 5) is 0. The summed E-state index contributed by atoms with van der Waals surface area (Å²) >= 11 is 3.13. The maximum Gasteiger partial charge on any atom is 0.416 e. The molecule has 3 aromatic rings. The molecule has 0 amide bonds. The topological polar surface area (TPSA) is 0 Å². The Hall–Kier alpha value is -2.21. The lowest BCUT2D eigenvalue weighted by Gasteiger charge is -2.32. The third-order valence-electron chi connectivity index (χ3n) is 4.82. The number of alkyl halides is 3. The van der Waals surface area contributed by atoms with Crippen LogP contribution >= 0.6 is 15.9 Å². The van der Waals surface area contributed by atoms with Crippen LogP contribution in [0.2, 0.25) is 0 Å². The zero-order valence-electron chi connectivity index (χ0n) is 14.8. The van der Waals surface area contributed by atoms with E-state index in [2.05, 4.69) is 15.9 Å². The molecule has 0 fully saturated rings. The molecule has 3 rings (SSSR count). The molecule has 3 aromatic carbocycles. The number of rotatable bonds is 4. The molecule has 0 saturated heterocycles. The summed E-state index contributed by atoms with van der Waals surface area (Å²) in [6.07, 6.45) is -4.36. The molecular formula is C22H16BrF5. The Morgan fingerprint density at radius 1 is 0.786 bits per heavy atom. The SMILES string of the molecule is C[C@](Cc1ccccc1)(c1cc(F)cc(C(F)(F)F)c1)c1ccc(F)c(Br)c1. The van der Waals surface area contributed by atoms with Gasteiger partial charge in [-0.15, -0.1) is 0 Å². The zero-order chi connectivity index (χ0) is 20.5. The molecule has 146 valence electrons. The van der Waals surface area contributed by atoms with Crippen molar-refractivity contribution in [1.29, 1.82) is 0 Å². The zero-order valence-corrected chi connectivity index (χ0v) is 16.4. The molecule has 1 atom stereocenters. The number of hydrogen-bond donors (Lipinski definition) is 0. The third-order valence-corrected chi connectivity index (χ3v) is 5.43. The maximum atomic E-state index is 14.1. The van der Waals surface area contributed by atoms with Gasteiger partial charge in [0.05, 0.1) is 10.0 Å². The standard InChI is InChI=1S/C22H16BrF5/c1-21(13-14-5-3-2-4-6-14,15-7-8-20(25)19(23)12-15)16-9-17(22(26,27)28)11-18(24)10-16/h2-12H,13H2,1H3/t21-/m1/s1. The highest BCUT2D eigenvalue weighted by atomic mass is 79.9. The molecule has 0 spiro atoms. The molecule has 0 aliphatic heterocycles. The molecule has 0 nitrogen and oxygen atoms in total. The van der Waals surface area contributed by atoms with Gasteiger partial charge in [-0.25, -0.2) is 8.78 Å². The van der Waals surface area contributed by atoms with Crippen LogP contribution in [0, 0.1) is 11.6 Å². The molecular weight excluding hydrogens is 439 g/mol. The second-order valence-corrected chi connectivity index (χ2v) is 7.70. The lowest BCUT2D eigenvalue weighted by molar-refractivity contribution is -0.137. The minimum atomic E-state index is -4.67. The van der Waals surface area contributed by atoms with Crippen molar-refractivity contribution in [3.8, 4) is 0 Å². The first kappa shape index (κ1) is 20.5. The Morgan fingerprint density at radius 2 is 1.43 bits per heavy atom. The predicted molar refractivity (Wildman–Crippen MR) is 102 cm³/mol. The van der Waals surface area contributed by atoms with Gasteiger partial charge in [0.2, 0.25) is 0 Å². The van der Waals surface area contributed by atoms with Gasteiger partial charge >= 0.3 is 6.18 Å². The minimum Gasteiger partial charge on any atom is -0.207 e. The van der Waals surface area contributed by atoms with Crippen LogP contribution < -0.4 is 0 Å². The summed E-state index contributed by atoms with van der Waals surface area (Å²) in [6.45, 7) is 1.73. The highest BCUT2D eigenvalue weighted by Crippen LogP contribution is 2.40. The average molecular weight is 455 g/mol. The Balaban J connectivity index is 2.21. The van der Waals surface area contributed by atoms with E-state index < -0.39 is 28.8 Å². The molecule has 0 radical (unpaired) electrons. The van der Waals surface area contributed by atoms with Crippen LogP contribution in [0.4, 0.5) is 22.0 Å². The number of benzene rings is 3. The van der Waals surface area contributed by atoms with Gasteiger partial charge in [0, 0.05) is 5.41 Å². The molecule has 0 aromatic heterocycles. The normalized spacial score (nSPS) is 14.0. The summed E-state index contributed by atoms with van der Waals surface area (Å²) in [6, 6.07) is 16.0. The van der Waals surface area contributed by atoms with E-state index in [9.17, 15) is 22.0 Å². The van der Waals surface area contributed by atoms with E-state index in [0.29, 0.717) is 18.1 Å². The van der Waals surface area contributed by atoms with Crippen LogP contribution in [0.15, 0.2) is 71.2 Å². The van der Waals surface area contributed by atoms with Crippen molar-refractivity contribution in [1.82, 2.24) is 0 Å². The molecule has 0 N–H and O–H groups in total. The number of hydrogen-bond acceptors (Lipinski definition) is 0.